The van der Waals surface area contributed by atoms with Crippen LogP contribution in [0.3, 0.4) is 0 Å². The number of nitro groups is 1. The number of carbonyl (C=O) groups is 1. The zero-order valence-electron chi connectivity index (χ0n) is 13.9. The Bertz CT molecular complexity index is 870. The molecule has 25 heavy (non-hydrogen) atoms. The summed E-state index contributed by atoms with van der Waals surface area (Å²) in [6, 6.07) is 7.68. The van der Waals surface area contributed by atoms with E-state index in [4.69, 9.17) is 0 Å². The molecule has 0 saturated carbocycles. The summed E-state index contributed by atoms with van der Waals surface area (Å²) in [5.74, 6) is -0.849. The summed E-state index contributed by atoms with van der Waals surface area (Å²) in [6.07, 6.45) is 3.18. The van der Waals surface area contributed by atoms with Crippen molar-refractivity contribution in [1.29, 1.82) is 0 Å². The summed E-state index contributed by atoms with van der Waals surface area (Å²) in [4.78, 5) is 25.5. The molecule has 1 heterocycles. The number of anilines is 1. The van der Waals surface area contributed by atoms with Crippen molar-refractivity contribution in [2.75, 3.05) is 17.7 Å². The molecule has 7 heteroatoms. The van der Waals surface area contributed by atoms with E-state index in [-0.39, 0.29) is 11.3 Å². The molecule has 5 nitrogen and oxygen atoms in total. The number of thioether (sulfide) groups is 1. The summed E-state index contributed by atoms with van der Waals surface area (Å²) >= 11 is 1.25. The number of nitro benzene ring substituents is 1. The molecule has 0 N–H and O–H groups in total. The predicted octanol–water partition coefficient (Wildman–Crippen LogP) is 4.36. The Kier molecular flexibility index (Phi) is 4.76. The molecule has 0 fully saturated rings. The van der Waals surface area contributed by atoms with Crippen LogP contribution < -0.4 is 4.90 Å². The highest BCUT2D eigenvalue weighted by molar-refractivity contribution is 7.98. The van der Waals surface area contributed by atoms with Gasteiger partial charge in [0.2, 0.25) is 0 Å². The van der Waals surface area contributed by atoms with Crippen molar-refractivity contribution >= 4 is 29.0 Å². The van der Waals surface area contributed by atoms with Gasteiger partial charge in [-0.15, -0.1) is 11.8 Å². The summed E-state index contributed by atoms with van der Waals surface area (Å²) in [5, 5.41) is 11.2. The lowest BCUT2D eigenvalue weighted by Gasteiger charge is -2.30. The number of benzene rings is 2. The maximum absolute atomic E-state index is 14.5. The van der Waals surface area contributed by atoms with Gasteiger partial charge in [-0.3, -0.25) is 14.9 Å². The van der Waals surface area contributed by atoms with Gasteiger partial charge in [0.15, 0.2) is 0 Å². The number of aryl methyl sites for hydroxylation is 2. The van der Waals surface area contributed by atoms with E-state index in [2.05, 4.69) is 0 Å². The van der Waals surface area contributed by atoms with Gasteiger partial charge in [0.1, 0.15) is 5.82 Å². The quantitative estimate of drug-likeness (QED) is 0.463. The van der Waals surface area contributed by atoms with E-state index in [1.807, 2.05) is 13.0 Å². The molecule has 1 aliphatic heterocycles. The minimum absolute atomic E-state index is 0.111. The second kappa shape index (κ2) is 6.84. The van der Waals surface area contributed by atoms with Crippen molar-refractivity contribution in [3.8, 4) is 0 Å². The van der Waals surface area contributed by atoms with E-state index >= 15 is 0 Å². The van der Waals surface area contributed by atoms with E-state index in [1.165, 1.54) is 28.8 Å². The summed E-state index contributed by atoms with van der Waals surface area (Å²) in [6.45, 7) is 2.21. The van der Waals surface area contributed by atoms with Gasteiger partial charge in [-0.05, 0) is 55.3 Å². The highest BCUT2D eigenvalue weighted by Gasteiger charge is 2.28. The second-order valence-corrected chi connectivity index (χ2v) is 6.81. The predicted molar refractivity (Wildman–Crippen MR) is 96.0 cm³/mol. The fourth-order valence-corrected chi connectivity index (χ4v) is 3.71. The Hall–Kier alpha value is -2.41. The normalized spacial score (nSPS) is 13.5. The molecule has 0 unspecified atom stereocenters. The zero-order valence-corrected chi connectivity index (χ0v) is 14.7. The van der Waals surface area contributed by atoms with Crippen LogP contribution in [0.1, 0.15) is 27.9 Å². The van der Waals surface area contributed by atoms with Crippen LogP contribution in [0.25, 0.3) is 0 Å². The van der Waals surface area contributed by atoms with Gasteiger partial charge < -0.3 is 4.90 Å². The van der Waals surface area contributed by atoms with Gasteiger partial charge in [-0.25, -0.2) is 4.39 Å². The third-order valence-electron chi connectivity index (χ3n) is 4.25. The Balaban J connectivity index is 2.04. The SMILES string of the molecule is CSc1ccc(C(=O)N2CCCc3cc(C)cc(F)c32)cc1[N+](=O)[O-]. The Labute approximate surface area is 149 Å². The molecular formula is C18H17FN2O3S. The topological polar surface area (TPSA) is 63.5 Å². The minimum Gasteiger partial charge on any atom is -0.305 e. The van der Waals surface area contributed by atoms with E-state index in [1.54, 1.807) is 18.4 Å². The number of amides is 1. The number of halogens is 1. The standard InChI is InChI=1S/C18H17FN2O3S/c1-11-8-12-4-3-7-20(17(12)14(19)9-11)18(22)13-5-6-16(25-2)15(10-13)21(23)24/h5-6,8-10H,3-4,7H2,1-2H3. The number of carbonyl (C=O) groups excluding carboxylic acids is 1. The van der Waals surface area contributed by atoms with E-state index in [0.717, 1.165) is 17.5 Å². The first kappa shape index (κ1) is 17.4. The molecule has 0 aromatic heterocycles. The van der Waals surface area contributed by atoms with Gasteiger partial charge in [0, 0.05) is 18.2 Å². The maximum atomic E-state index is 14.5. The molecule has 0 aliphatic carbocycles. The highest BCUT2D eigenvalue weighted by atomic mass is 32.2. The lowest BCUT2D eigenvalue weighted by molar-refractivity contribution is -0.387. The van der Waals surface area contributed by atoms with Crippen molar-refractivity contribution in [2.24, 2.45) is 0 Å². The first-order valence-corrected chi connectivity index (χ1v) is 9.08. The molecule has 1 amide bonds. The average molecular weight is 360 g/mol. The maximum Gasteiger partial charge on any atom is 0.283 e. The van der Waals surface area contributed by atoms with Crippen LogP contribution in [0.15, 0.2) is 35.2 Å². The molecule has 0 spiro atoms. The van der Waals surface area contributed by atoms with Gasteiger partial charge in [-0.2, -0.15) is 0 Å². The largest absolute Gasteiger partial charge is 0.305 e. The molecule has 0 saturated heterocycles. The van der Waals surface area contributed by atoms with Crippen LogP contribution in [0, 0.1) is 22.9 Å². The van der Waals surface area contributed by atoms with Crippen molar-refractivity contribution in [3.63, 3.8) is 0 Å². The van der Waals surface area contributed by atoms with Crippen molar-refractivity contribution in [3.05, 3.63) is 63.0 Å². The van der Waals surface area contributed by atoms with Crippen molar-refractivity contribution in [1.82, 2.24) is 0 Å². The lowest BCUT2D eigenvalue weighted by Crippen LogP contribution is -2.36. The smallest absolute Gasteiger partial charge is 0.283 e. The third kappa shape index (κ3) is 3.24. The van der Waals surface area contributed by atoms with Gasteiger partial charge in [-0.1, -0.05) is 6.07 Å². The van der Waals surface area contributed by atoms with Gasteiger partial charge in [0.25, 0.3) is 11.6 Å². The Morgan fingerprint density at radius 3 is 2.76 bits per heavy atom. The summed E-state index contributed by atoms with van der Waals surface area (Å²) < 4.78 is 14.5. The third-order valence-corrected chi connectivity index (χ3v) is 5.04. The van der Waals surface area contributed by atoms with Crippen LogP contribution >= 0.6 is 11.8 Å². The number of fused-ring (bicyclic) bond motifs is 1. The van der Waals surface area contributed by atoms with Crippen molar-refractivity contribution < 1.29 is 14.1 Å². The molecule has 0 bridgehead atoms. The van der Waals surface area contributed by atoms with Crippen molar-refractivity contribution in [2.45, 2.75) is 24.7 Å². The first-order valence-electron chi connectivity index (χ1n) is 7.85. The minimum atomic E-state index is -0.503. The molecule has 130 valence electrons. The highest BCUT2D eigenvalue weighted by Crippen LogP contribution is 2.34. The van der Waals surface area contributed by atoms with Crippen LogP contribution in [-0.4, -0.2) is 23.6 Å². The molecule has 0 radical (unpaired) electrons. The fraction of sp³-hybridized carbons (Fsp3) is 0.278. The molecule has 2 aromatic carbocycles. The molecular weight excluding hydrogens is 343 g/mol. The van der Waals surface area contributed by atoms with Crippen LogP contribution in [0.5, 0.6) is 0 Å². The fourth-order valence-electron chi connectivity index (χ4n) is 3.16. The second-order valence-electron chi connectivity index (χ2n) is 5.96. The average Bonchev–Trinajstić information content (AvgIpc) is 2.59. The Morgan fingerprint density at radius 2 is 2.08 bits per heavy atom. The van der Waals surface area contributed by atoms with Crippen LogP contribution in [0.4, 0.5) is 15.8 Å². The Morgan fingerprint density at radius 1 is 1.32 bits per heavy atom. The van der Waals surface area contributed by atoms with E-state index < -0.39 is 16.6 Å². The van der Waals surface area contributed by atoms with Crippen LogP contribution in [-0.2, 0) is 6.42 Å². The lowest BCUT2D eigenvalue weighted by atomic mass is 9.98. The number of hydrogen-bond acceptors (Lipinski definition) is 4. The first-order chi connectivity index (χ1) is 11.9. The summed E-state index contributed by atoms with van der Waals surface area (Å²) in [5.41, 5.74) is 1.98. The number of hydrogen-bond donors (Lipinski definition) is 0. The van der Waals surface area contributed by atoms with E-state index in [9.17, 15) is 19.3 Å². The molecule has 0 atom stereocenters. The molecule has 2 aromatic rings. The molecule has 3 rings (SSSR count). The van der Waals surface area contributed by atoms with Gasteiger partial charge in [0.05, 0.1) is 15.5 Å². The molecule has 1 aliphatic rings. The number of rotatable bonds is 3. The number of nitrogens with zero attached hydrogens (tertiary/aromatic N) is 2. The zero-order chi connectivity index (χ0) is 18.1. The van der Waals surface area contributed by atoms with Gasteiger partial charge >= 0.3 is 0 Å². The van der Waals surface area contributed by atoms with Crippen LogP contribution in [0.2, 0.25) is 0 Å². The van der Waals surface area contributed by atoms with E-state index in [0.29, 0.717) is 23.5 Å². The summed E-state index contributed by atoms with van der Waals surface area (Å²) in [7, 11) is 0. The monoisotopic (exact) mass is 360 g/mol.